The fraction of sp³-hybridized carbons (Fsp3) is 0.0909. The van der Waals surface area contributed by atoms with E-state index in [4.69, 9.17) is 10.6 Å². The summed E-state index contributed by atoms with van der Waals surface area (Å²) in [6.07, 6.45) is 2.96. The first kappa shape index (κ1) is 14.2. The van der Waals surface area contributed by atoms with Gasteiger partial charge in [0.1, 0.15) is 12.4 Å². The van der Waals surface area contributed by atoms with Gasteiger partial charge in [-0.15, -0.1) is 0 Å². The molecule has 0 saturated carbocycles. The van der Waals surface area contributed by atoms with Gasteiger partial charge in [-0.3, -0.25) is 15.1 Å². The molecule has 1 heterocycles. The molecule has 0 bridgehead atoms. The van der Waals surface area contributed by atoms with Crippen LogP contribution in [0.25, 0.3) is 0 Å². The zero-order chi connectivity index (χ0) is 14.5. The summed E-state index contributed by atoms with van der Waals surface area (Å²) in [7, 11) is 0. The van der Waals surface area contributed by atoms with Gasteiger partial charge in [-0.1, -0.05) is 0 Å². The van der Waals surface area contributed by atoms with E-state index in [1.54, 1.807) is 6.07 Å². The molecule has 0 aliphatic rings. The highest BCUT2D eigenvalue weighted by Gasteiger charge is 2.10. The summed E-state index contributed by atoms with van der Waals surface area (Å²) in [5.74, 6) is 5.97. The maximum Gasteiger partial charge on any atom is 0.273 e. The number of nitrogens with one attached hydrogen (secondary N) is 1. The number of rotatable bonds is 5. The summed E-state index contributed by atoms with van der Waals surface area (Å²) in [4.78, 5) is 18.3. The predicted octanol–water partition coefficient (Wildman–Crippen LogP) is 2.01. The Morgan fingerprint density at radius 2 is 2.20 bits per heavy atom. The molecule has 0 unspecified atom stereocenters. The molecule has 8 nitrogen and oxygen atoms in total. The molecular weight excluding hydrogens is 330 g/mol. The molecule has 0 aliphatic heterocycles. The van der Waals surface area contributed by atoms with Gasteiger partial charge in [0.15, 0.2) is 5.82 Å². The monoisotopic (exact) mass is 339 g/mol. The molecule has 0 spiro atoms. The Labute approximate surface area is 122 Å². The Bertz CT molecular complexity index is 620. The number of nitrogen functional groups attached to an aromatic ring is 1. The Kier molecular flexibility index (Phi) is 4.43. The molecule has 0 atom stereocenters. The topological polar surface area (TPSA) is 116 Å². The van der Waals surface area contributed by atoms with Crippen molar-refractivity contribution < 1.29 is 9.66 Å². The van der Waals surface area contributed by atoms with Crippen LogP contribution < -0.4 is 16.0 Å². The van der Waals surface area contributed by atoms with Crippen molar-refractivity contribution in [1.82, 2.24) is 9.97 Å². The first-order chi connectivity index (χ1) is 9.60. The number of nitrogens with two attached hydrogens (primary N) is 1. The first-order valence-corrected chi connectivity index (χ1v) is 6.23. The van der Waals surface area contributed by atoms with Crippen LogP contribution in [0.5, 0.6) is 5.75 Å². The van der Waals surface area contributed by atoms with Crippen molar-refractivity contribution in [3.63, 3.8) is 0 Å². The van der Waals surface area contributed by atoms with Crippen LogP contribution in [0.2, 0.25) is 0 Å². The van der Waals surface area contributed by atoms with Crippen LogP contribution in [0.4, 0.5) is 11.5 Å². The van der Waals surface area contributed by atoms with Crippen molar-refractivity contribution in [2.45, 2.75) is 6.61 Å². The summed E-state index contributed by atoms with van der Waals surface area (Å²) in [6, 6.07) is 4.28. The van der Waals surface area contributed by atoms with Crippen LogP contribution in [0.15, 0.2) is 35.1 Å². The molecule has 1 aromatic carbocycles. The lowest BCUT2D eigenvalue weighted by Gasteiger charge is -2.07. The molecule has 1 aromatic heterocycles. The molecule has 0 amide bonds. The minimum Gasteiger partial charge on any atom is -0.486 e. The molecule has 2 aromatic rings. The molecule has 3 N–H and O–H groups in total. The summed E-state index contributed by atoms with van der Waals surface area (Å²) in [6.45, 7) is 0.137. The summed E-state index contributed by atoms with van der Waals surface area (Å²) in [5.41, 5.74) is 2.89. The number of nitro benzene ring substituents is 1. The number of halogens is 1. The van der Waals surface area contributed by atoms with Crippen molar-refractivity contribution in [1.29, 1.82) is 0 Å². The van der Waals surface area contributed by atoms with Gasteiger partial charge in [0.05, 0.1) is 33.6 Å². The lowest BCUT2D eigenvalue weighted by Crippen LogP contribution is -2.09. The number of anilines is 1. The van der Waals surface area contributed by atoms with E-state index < -0.39 is 4.92 Å². The Morgan fingerprint density at radius 3 is 2.80 bits per heavy atom. The minimum atomic E-state index is -0.485. The second-order valence-electron chi connectivity index (χ2n) is 3.70. The van der Waals surface area contributed by atoms with Gasteiger partial charge in [-0.25, -0.2) is 10.8 Å². The second kappa shape index (κ2) is 6.26. The zero-order valence-corrected chi connectivity index (χ0v) is 11.7. The van der Waals surface area contributed by atoms with Crippen LogP contribution in [-0.2, 0) is 6.61 Å². The first-order valence-electron chi connectivity index (χ1n) is 5.44. The van der Waals surface area contributed by atoms with Crippen molar-refractivity contribution in [3.05, 3.63) is 50.9 Å². The summed E-state index contributed by atoms with van der Waals surface area (Å²) >= 11 is 3.27. The van der Waals surface area contributed by atoms with E-state index in [2.05, 4.69) is 31.3 Å². The quantitative estimate of drug-likeness (QED) is 0.486. The largest absolute Gasteiger partial charge is 0.486 e. The summed E-state index contributed by atoms with van der Waals surface area (Å²) in [5, 5.41) is 10.7. The molecule has 104 valence electrons. The number of nitrogens with zero attached hydrogens (tertiary/aromatic N) is 3. The van der Waals surface area contributed by atoms with Crippen LogP contribution in [0, 0.1) is 10.1 Å². The highest BCUT2D eigenvalue weighted by atomic mass is 79.9. The average molecular weight is 340 g/mol. The number of hydrogen-bond donors (Lipinski definition) is 2. The van der Waals surface area contributed by atoms with E-state index in [-0.39, 0.29) is 12.3 Å². The standard InChI is InChI=1S/C11H10BrN5O3/c12-9-2-1-8(17(18)19)3-10(9)20-6-7-4-15-11(16-13)5-14-7/h1-5H,6,13H2,(H,15,16). The Hall–Kier alpha value is -2.26. The number of benzene rings is 1. The fourth-order valence-corrected chi connectivity index (χ4v) is 1.73. The number of hydrogen-bond acceptors (Lipinski definition) is 7. The number of hydrazine groups is 1. The third-order valence-electron chi connectivity index (χ3n) is 2.35. The highest BCUT2D eigenvalue weighted by molar-refractivity contribution is 9.10. The van der Waals surface area contributed by atoms with Gasteiger partial charge >= 0.3 is 0 Å². The van der Waals surface area contributed by atoms with Gasteiger partial charge in [0.25, 0.3) is 5.69 Å². The lowest BCUT2D eigenvalue weighted by molar-refractivity contribution is -0.385. The molecule has 20 heavy (non-hydrogen) atoms. The van der Waals surface area contributed by atoms with Crippen molar-refractivity contribution in [3.8, 4) is 5.75 Å². The third kappa shape index (κ3) is 3.39. The van der Waals surface area contributed by atoms with Crippen LogP contribution in [-0.4, -0.2) is 14.9 Å². The number of ether oxygens (including phenoxy) is 1. The molecule has 0 saturated heterocycles. The van der Waals surface area contributed by atoms with Gasteiger partial charge in [-0.2, -0.15) is 0 Å². The maximum absolute atomic E-state index is 10.7. The van der Waals surface area contributed by atoms with E-state index in [0.29, 0.717) is 21.7 Å². The molecule has 2 rings (SSSR count). The lowest BCUT2D eigenvalue weighted by atomic mass is 10.3. The van der Waals surface area contributed by atoms with E-state index in [9.17, 15) is 10.1 Å². The predicted molar refractivity (Wildman–Crippen MR) is 75.0 cm³/mol. The van der Waals surface area contributed by atoms with E-state index in [1.165, 1.54) is 24.5 Å². The minimum absolute atomic E-state index is 0.0445. The molecular formula is C11H10BrN5O3. The van der Waals surface area contributed by atoms with Gasteiger partial charge < -0.3 is 10.2 Å². The molecule has 0 fully saturated rings. The smallest absolute Gasteiger partial charge is 0.273 e. The summed E-state index contributed by atoms with van der Waals surface area (Å²) < 4.78 is 6.10. The van der Waals surface area contributed by atoms with E-state index in [0.717, 1.165) is 0 Å². The zero-order valence-electron chi connectivity index (χ0n) is 10.1. The number of aromatic nitrogens is 2. The van der Waals surface area contributed by atoms with Crippen molar-refractivity contribution in [2.24, 2.45) is 5.84 Å². The number of non-ortho nitro benzene ring substituents is 1. The van der Waals surface area contributed by atoms with Crippen molar-refractivity contribution >= 4 is 27.4 Å². The van der Waals surface area contributed by atoms with Gasteiger partial charge in [-0.05, 0) is 22.0 Å². The fourth-order valence-electron chi connectivity index (χ4n) is 1.37. The third-order valence-corrected chi connectivity index (χ3v) is 3.01. The van der Waals surface area contributed by atoms with Crippen LogP contribution >= 0.6 is 15.9 Å². The van der Waals surface area contributed by atoms with E-state index in [1.807, 2.05) is 0 Å². The normalized spacial score (nSPS) is 10.1. The van der Waals surface area contributed by atoms with Crippen molar-refractivity contribution in [2.75, 3.05) is 5.43 Å². The highest BCUT2D eigenvalue weighted by Crippen LogP contribution is 2.29. The van der Waals surface area contributed by atoms with Crippen LogP contribution in [0.3, 0.4) is 0 Å². The maximum atomic E-state index is 10.7. The molecule has 9 heteroatoms. The van der Waals surface area contributed by atoms with Crippen LogP contribution in [0.1, 0.15) is 5.69 Å². The van der Waals surface area contributed by atoms with E-state index >= 15 is 0 Å². The van der Waals surface area contributed by atoms with Gasteiger partial charge in [0, 0.05) is 6.07 Å². The molecule has 0 aliphatic carbocycles. The Morgan fingerprint density at radius 1 is 1.40 bits per heavy atom. The Balaban J connectivity index is 2.09. The molecule has 0 radical (unpaired) electrons. The van der Waals surface area contributed by atoms with Gasteiger partial charge in [0.2, 0.25) is 0 Å². The SMILES string of the molecule is NNc1cnc(COc2cc([N+](=O)[O-])ccc2Br)cn1. The average Bonchev–Trinajstić information content (AvgIpc) is 2.46. The second-order valence-corrected chi connectivity index (χ2v) is 4.55. The number of nitro groups is 1.